The van der Waals surface area contributed by atoms with Gasteiger partial charge in [-0.25, -0.2) is 4.79 Å². The highest BCUT2D eigenvalue weighted by Crippen LogP contribution is 2.67. The van der Waals surface area contributed by atoms with E-state index in [0.717, 1.165) is 39.0 Å². The minimum Gasteiger partial charge on any atom is -0.456 e. The second-order valence-electron chi connectivity index (χ2n) is 11.3. The van der Waals surface area contributed by atoms with Crippen molar-refractivity contribution in [1.29, 1.82) is 0 Å². The number of carbonyl (C=O) groups excluding carboxylic acids is 1. The van der Waals surface area contributed by atoms with Crippen molar-refractivity contribution >= 4 is 5.97 Å². The molecule has 3 unspecified atom stereocenters. The van der Waals surface area contributed by atoms with Crippen molar-refractivity contribution in [3.63, 3.8) is 0 Å². The van der Waals surface area contributed by atoms with Gasteiger partial charge >= 0.3 is 12.1 Å². The Morgan fingerprint density at radius 1 is 1.03 bits per heavy atom. The molecule has 3 atom stereocenters. The summed E-state index contributed by atoms with van der Waals surface area (Å²) in [6, 6.07) is 0. The van der Waals surface area contributed by atoms with E-state index in [1.807, 2.05) is 13.8 Å². The molecule has 0 amide bonds. The van der Waals surface area contributed by atoms with Crippen LogP contribution in [0.1, 0.15) is 80.1 Å². The fourth-order valence-electron chi connectivity index (χ4n) is 6.47. The number of alkyl halides is 3. The van der Waals surface area contributed by atoms with Gasteiger partial charge in [0.25, 0.3) is 0 Å². The third-order valence-electron chi connectivity index (χ3n) is 8.18. The number of hydrogen-bond donors (Lipinski definition) is 1. The maximum absolute atomic E-state index is 13.6. The zero-order chi connectivity index (χ0) is 23.0. The van der Waals surface area contributed by atoms with E-state index in [1.165, 1.54) is 13.8 Å². The van der Waals surface area contributed by atoms with Crippen LogP contribution in [0.5, 0.6) is 0 Å². The molecule has 4 rings (SSSR count). The zero-order valence-corrected chi connectivity index (χ0v) is 18.9. The van der Waals surface area contributed by atoms with Gasteiger partial charge in [-0.2, -0.15) is 13.2 Å². The Hall–Kier alpha value is -1.08. The van der Waals surface area contributed by atoms with Crippen LogP contribution in [0.3, 0.4) is 0 Å². The molecule has 0 radical (unpaired) electrons. The van der Waals surface area contributed by atoms with E-state index in [0.29, 0.717) is 23.8 Å². The summed E-state index contributed by atoms with van der Waals surface area (Å²) in [5.41, 5.74) is -6.52. The van der Waals surface area contributed by atoms with Crippen LogP contribution < -0.4 is 0 Å². The Balaban J connectivity index is 1.92. The maximum atomic E-state index is 13.6. The fraction of sp³-hybridized carbons (Fsp3) is 0.870. The minimum absolute atomic E-state index is 0.345. The number of ether oxygens (including phenoxy) is 2. The molecule has 4 bridgehead atoms. The van der Waals surface area contributed by atoms with Crippen molar-refractivity contribution in [2.24, 2.45) is 17.3 Å². The van der Waals surface area contributed by atoms with Crippen LogP contribution in [-0.4, -0.2) is 39.7 Å². The van der Waals surface area contributed by atoms with Crippen LogP contribution >= 0.6 is 0 Å². The molecule has 1 N–H and O–H groups in total. The second-order valence-corrected chi connectivity index (χ2v) is 11.3. The van der Waals surface area contributed by atoms with Crippen LogP contribution in [0, 0.1) is 17.3 Å². The summed E-state index contributed by atoms with van der Waals surface area (Å²) in [6.45, 7) is 12.3. The van der Waals surface area contributed by atoms with E-state index < -0.39 is 40.0 Å². The molecule has 4 nitrogen and oxygen atoms in total. The van der Waals surface area contributed by atoms with E-state index >= 15 is 0 Å². The predicted molar refractivity (Wildman–Crippen MR) is 107 cm³/mol. The largest absolute Gasteiger partial charge is 0.456 e. The molecule has 0 heterocycles. The molecule has 4 saturated carbocycles. The number of halogens is 3. The summed E-state index contributed by atoms with van der Waals surface area (Å²) >= 11 is 0. The summed E-state index contributed by atoms with van der Waals surface area (Å²) in [7, 11) is 0. The van der Waals surface area contributed by atoms with Gasteiger partial charge in [0.05, 0.1) is 5.60 Å². The first-order valence-corrected chi connectivity index (χ1v) is 10.7. The molecule has 172 valence electrons. The number of carbonyl (C=O) groups is 1. The van der Waals surface area contributed by atoms with E-state index in [9.17, 15) is 23.1 Å². The Labute approximate surface area is 177 Å². The third-order valence-corrected chi connectivity index (χ3v) is 8.18. The van der Waals surface area contributed by atoms with Crippen LogP contribution in [0.2, 0.25) is 0 Å². The number of esters is 1. The molecule has 0 aliphatic heterocycles. The van der Waals surface area contributed by atoms with Crippen molar-refractivity contribution < 1.29 is 32.5 Å². The van der Waals surface area contributed by atoms with Crippen molar-refractivity contribution in [3.8, 4) is 0 Å². The molecule has 7 heteroatoms. The lowest BCUT2D eigenvalue weighted by Crippen LogP contribution is -2.67. The topological polar surface area (TPSA) is 55.8 Å². The summed E-state index contributed by atoms with van der Waals surface area (Å²) in [4.78, 5) is 12.3. The average Bonchev–Trinajstić information content (AvgIpc) is 2.50. The van der Waals surface area contributed by atoms with Gasteiger partial charge in [0, 0.05) is 11.0 Å². The summed E-state index contributed by atoms with van der Waals surface area (Å²) in [5.74, 6) is 0.280. The van der Waals surface area contributed by atoms with Crippen molar-refractivity contribution in [1.82, 2.24) is 0 Å². The second kappa shape index (κ2) is 6.71. The average molecular weight is 433 g/mol. The van der Waals surface area contributed by atoms with Crippen LogP contribution in [0.15, 0.2) is 12.2 Å². The first kappa shape index (κ1) is 23.6. The molecule has 4 fully saturated rings. The van der Waals surface area contributed by atoms with Crippen molar-refractivity contribution in [3.05, 3.63) is 12.2 Å². The molecule has 30 heavy (non-hydrogen) atoms. The number of hydrogen-bond acceptors (Lipinski definition) is 4. The number of rotatable bonds is 6. The maximum Gasteiger partial charge on any atom is 0.419 e. The molecular formula is C23H35F3O4. The molecule has 4 aliphatic rings. The zero-order valence-electron chi connectivity index (χ0n) is 18.9. The van der Waals surface area contributed by atoms with Gasteiger partial charge in [0.1, 0.15) is 11.2 Å². The fourth-order valence-corrected chi connectivity index (χ4v) is 6.47. The lowest BCUT2D eigenvalue weighted by atomic mass is 9.44. The van der Waals surface area contributed by atoms with Crippen molar-refractivity contribution in [2.45, 2.75) is 109 Å². The molecule has 0 aromatic carbocycles. The standard InChI is InChI=1S/C23H35F3O4/c1-14(2)17(27)29-22-11-15-8-16(12-22)10-21(9-15,13-22)19(5,6)30-18(3,4)20(7,28)23(24,25)26/h15-16,28H,1,8-13H2,2-7H3. The smallest absolute Gasteiger partial charge is 0.419 e. The van der Waals surface area contributed by atoms with Gasteiger partial charge in [-0.1, -0.05) is 6.58 Å². The van der Waals surface area contributed by atoms with Crippen LogP contribution in [-0.2, 0) is 14.3 Å². The monoisotopic (exact) mass is 432 g/mol. The Bertz CT molecular complexity index is 721. The number of aliphatic hydroxyl groups is 1. The van der Waals surface area contributed by atoms with Gasteiger partial charge < -0.3 is 14.6 Å². The van der Waals surface area contributed by atoms with Crippen molar-refractivity contribution in [2.75, 3.05) is 0 Å². The first-order chi connectivity index (χ1) is 13.4. The normalized spacial score (nSPS) is 35.8. The summed E-state index contributed by atoms with van der Waals surface area (Å²) in [6.07, 6.45) is -0.00232. The summed E-state index contributed by atoms with van der Waals surface area (Å²) in [5, 5.41) is 10.3. The predicted octanol–water partition coefficient (Wildman–Crippen LogP) is 5.33. The van der Waals surface area contributed by atoms with Gasteiger partial charge in [0.15, 0.2) is 5.60 Å². The molecule has 0 saturated heterocycles. The highest BCUT2D eigenvalue weighted by molar-refractivity contribution is 5.87. The molecule has 0 aromatic rings. The van der Waals surface area contributed by atoms with Gasteiger partial charge in [-0.05, 0) is 91.9 Å². The quantitative estimate of drug-likeness (QED) is 0.455. The lowest BCUT2D eigenvalue weighted by molar-refractivity contribution is -0.345. The Kier molecular flexibility index (Phi) is 5.27. The summed E-state index contributed by atoms with van der Waals surface area (Å²) < 4.78 is 52.8. The van der Waals surface area contributed by atoms with E-state index in [2.05, 4.69) is 6.58 Å². The third kappa shape index (κ3) is 3.60. The highest BCUT2D eigenvalue weighted by atomic mass is 19.4. The van der Waals surface area contributed by atoms with Gasteiger partial charge in [0.2, 0.25) is 0 Å². The van der Waals surface area contributed by atoms with Gasteiger partial charge in [-0.3, -0.25) is 0 Å². The first-order valence-electron chi connectivity index (χ1n) is 10.7. The minimum atomic E-state index is -4.83. The Morgan fingerprint density at radius 2 is 1.53 bits per heavy atom. The van der Waals surface area contributed by atoms with E-state index in [4.69, 9.17) is 9.47 Å². The molecule has 0 aromatic heterocycles. The molecule has 0 spiro atoms. The van der Waals surface area contributed by atoms with E-state index in [1.54, 1.807) is 6.92 Å². The van der Waals surface area contributed by atoms with Gasteiger partial charge in [-0.15, -0.1) is 0 Å². The lowest BCUT2D eigenvalue weighted by Gasteiger charge is -2.66. The van der Waals surface area contributed by atoms with Crippen LogP contribution in [0.4, 0.5) is 13.2 Å². The highest BCUT2D eigenvalue weighted by Gasteiger charge is 2.67. The van der Waals surface area contributed by atoms with E-state index in [-0.39, 0.29) is 0 Å². The molecule has 4 aliphatic carbocycles. The Morgan fingerprint density at radius 3 is 1.97 bits per heavy atom. The SMILES string of the molecule is C=C(C)C(=O)OC12CC3CC(C1)CC(C(C)(C)OC(C)(C)C(C)(O)C(F)(F)F)(C3)C2. The molecular weight excluding hydrogens is 397 g/mol. The van der Waals surface area contributed by atoms with Crippen LogP contribution in [0.25, 0.3) is 0 Å².